The van der Waals surface area contributed by atoms with Crippen LogP contribution < -0.4 is 5.56 Å². The number of rotatable bonds is 4. The van der Waals surface area contributed by atoms with Crippen LogP contribution in [0.2, 0.25) is 0 Å². The van der Waals surface area contributed by atoms with Crippen LogP contribution in [0.25, 0.3) is 0 Å². The summed E-state index contributed by atoms with van der Waals surface area (Å²) in [6.45, 7) is 3.99. The molecule has 2 fully saturated rings. The van der Waals surface area contributed by atoms with Crippen molar-refractivity contribution in [3.05, 3.63) is 21.6 Å². The van der Waals surface area contributed by atoms with Crippen LogP contribution in [0.1, 0.15) is 36.9 Å². The lowest BCUT2D eigenvalue weighted by Gasteiger charge is -2.48. The standard InChI is InChI=1S/C17H26N4O4/c1-12-13(16(25)19-18-12)9-15(24)20-6-2-4-17(10-20)5-3-14(23)21(11-17)7-8-22/h22H,2-11H2,1H3,(H2,18,19,25). The molecule has 2 saturated heterocycles. The van der Waals surface area contributed by atoms with Crippen molar-refractivity contribution < 1.29 is 14.7 Å². The molecule has 2 aliphatic heterocycles. The number of nitrogens with zero attached hydrogens (tertiary/aromatic N) is 2. The minimum atomic E-state index is -0.241. The number of aromatic nitrogens is 2. The van der Waals surface area contributed by atoms with E-state index in [9.17, 15) is 14.4 Å². The summed E-state index contributed by atoms with van der Waals surface area (Å²) < 4.78 is 0. The Hall–Kier alpha value is -2.09. The van der Waals surface area contributed by atoms with Crippen molar-refractivity contribution >= 4 is 11.8 Å². The Morgan fingerprint density at radius 1 is 1.24 bits per heavy atom. The van der Waals surface area contributed by atoms with E-state index in [4.69, 9.17) is 5.11 Å². The number of aliphatic hydroxyl groups excluding tert-OH is 1. The summed E-state index contributed by atoms with van der Waals surface area (Å²) in [4.78, 5) is 40.0. The highest BCUT2D eigenvalue weighted by Crippen LogP contribution is 2.38. The molecule has 8 heteroatoms. The fourth-order valence-corrected chi connectivity index (χ4v) is 4.13. The van der Waals surface area contributed by atoms with Gasteiger partial charge in [0.1, 0.15) is 0 Å². The Labute approximate surface area is 146 Å². The first kappa shape index (κ1) is 17.7. The summed E-state index contributed by atoms with van der Waals surface area (Å²) >= 11 is 0. The molecule has 3 rings (SSSR count). The normalized spacial score (nSPS) is 24.2. The molecular formula is C17H26N4O4. The van der Waals surface area contributed by atoms with Gasteiger partial charge >= 0.3 is 0 Å². The Morgan fingerprint density at radius 2 is 2.04 bits per heavy atom. The van der Waals surface area contributed by atoms with Crippen LogP contribution in [-0.4, -0.2) is 69.7 Å². The van der Waals surface area contributed by atoms with Crippen molar-refractivity contribution in [1.82, 2.24) is 20.0 Å². The number of H-pyrrole nitrogens is 2. The largest absolute Gasteiger partial charge is 0.395 e. The van der Waals surface area contributed by atoms with E-state index in [0.29, 0.717) is 43.9 Å². The molecule has 2 amide bonds. The molecule has 0 aliphatic carbocycles. The average Bonchev–Trinajstić information content (AvgIpc) is 2.91. The summed E-state index contributed by atoms with van der Waals surface area (Å²) in [6.07, 6.45) is 3.23. The predicted molar refractivity (Wildman–Crippen MR) is 91.0 cm³/mol. The predicted octanol–water partition coefficient (Wildman–Crippen LogP) is -0.223. The van der Waals surface area contributed by atoms with Crippen LogP contribution in [-0.2, 0) is 16.0 Å². The highest BCUT2D eigenvalue weighted by Gasteiger charge is 2.42. The second kappa shape index (κ2) is 7.03. The number of hydrogen-bond donors (Lipinski definition) is 3. The first-order valence-electron chi connectivity index (χ1n) is 8.87. The smallest absolute Gasteiger partial charge is 0.267 e. The average molecular weight is 350 g/mol. The number of β-amino-alcohol motifs (C(OH)–C–C–N with tert-alkyl or cyclic N) is 1. The quantitative estimate of drug-likeness (QED) is 0.697. The van der Waals surface area contributed by atoms with Crippen LogP contribution >= 0.6 is 0 Å². The zero-order valence-electron chi connectivity index (χ0n) is 14.6. The van der Waals surface area contributed by atoms with Gasteiger partial charge in [-0.2, -0.15) is 0 Å². The SMILES string of the molecule is Cc1[nH][nH]c(=O)c1CC(=O)N1CCCC2(CCC(=O)N(CCO)C2)C1. The molecule has 1 aromatic rings. The van der Waals surface area contributed by atoms with Crippen molar-refractivity contribution in [1.29, 1.82) is 0 Å². The molecule has 1 spiro atoms. The van der Waals surface area contributed by atoms with Gasteiger partial charge < -0.3 is 20.0 Å². The van der Waals surface area contributed by atoms with Gasteiger partial charge in [0, 0.05) is 49.3 Å². The second-order valence-electron chi connectivity index (χ2n) is 7.32. The molecule has 8 nitrogen and oxygen atoms in total. The third kappa shape index (κ3) is 3.63. The van der Waals surface area contributed by atoms with Crippen molar-refractivity contribution in [3.63, 3.8) is 0 Å². The summed E-state index contributed by atoms with van der Waals surface area (Å²) in [5.74, 6) is 0.0375. The third-order valence-electron chi connectivity index (χ3n) is 5.55. The number of aromatic amines is 2. The molecule has 0 bridgehead atoms. The molecule has 0 radical (unpaired) electrons. The van der Waals surface area contributed by atoms with Crippen molar-refractivity contribution in [2.45, 2.75) is 39.0 Å². The lowest BCUT2D eigenvalue weighted by atomic mass is 9.73. The maximum atomic E-state index is 12.7. The van der Waals surface area contributed by atoms with Gasteiger partial charge in [-0.1, -0.05) is 0 Å². The Kier molecular flexibility index (Phi) is 4.99. The number of aryl methyl sites for hydroxylation is 1. The van der Waals surface area contributed by atoms with Crippen molar-refractivity contribution in [2.75, 3.05) is 32.8 Å². The zero-order valence-corrected chi connectivity index (χ0v) is 14.6. The first-order chi connectivity index (χ1) is 11.9. The highest BCUT2D eigenvalue weighted by molar-refractivity contribution is 5.79. The van der Waals surface area contributed by atoms with E-state index in [0.717, 1.165) is 19.3 Å². The fraction of sp³-hybridized carbons (Fsp3) is 0.706. The van der Waals surface area contributed by atoms with E-state index >= 15 is 0 Å². The number of carbonyl (C=O) groups excluding carboxylic acids is 2. The Bertz CT molecular complexity index is 710. The van der Waals surface area contributed by atoms with Gasteiger partial charge in [0.05, 0.1) is 13.0 Å². The van der Waals surface area contributed by atoms with Gasteiger partial charge in [0.15, 0.2) is 0 Å². The lowest BCUT2D eigenvalue weighted by Crippen LogP contribution is -2.55. The summed E-state index contributed by atoms with van der Waals surface area (Å²) in [5.41, 5.74) is 0.860. The number of carbonyl (C=O) groups is 2. The van der Waals surface area contributed by atoms with Gasteiger partial charge in [-0.05, 0) is 26.2 Å². The molecule has 25 heavy (non-hydrogen) atoms. The van der Waals surface area contributed by atoms with Crippen molar-refractivity contribution in [3.8, 4) is 0 Å². The van der Waals surface area contributed by atoms with E-state index in [-0.39, 0.29) is 35.8 Å². The van der Waals surface area contributed by atoms with Gasteiger partial charge in [-0.15, -0.1) is 0 Å². The number of nitrogens with one attached hydrogen (secondary N) is 2. The maximum absolute atomic E-state index is 12.7. The second-order valence-corrected chi connectivity index (χ2v) is 7.32. The molecule has 3 heterocycles. The highest BCUT2D eigenvalue weighted by atomic mass is 16.3. The van der Waals surface area contributed by atoms with Crippen LogP contribution in [0.5, 0.6) is 0 Å². The van der Waals surface area contributed by atoms with E-state index < -0.39 is 0 Å². The minimum absolute atomic E-state index is 0.0417. The molecule has 2 aliphatic rings. The molecule has 138 valence electrons. The molecule has 1 aromatic heterocycles. The topological polar surface area (TPSA) is 110 Å². The first-order valence-corrected chi connectivity index (χ1v) is 8.87. The van der Waals surface area contributed by atoms with E-state index in [2.05, 4.69) is 10.2 Å². The van der Waals surface area contributed by atoms with Crippen molar-refractivity contribution in [2.24, 2.45) is 5.41 Å². The monoisotopic (exact) mass is 350 g/mol. The number of piperidine rings is 2. The number of hydrogen-bond acceptors (Lipinski definition) is 4. The molecular weight excluding hydrogens is 324 g/mol. The molecule has 0 saturated carbocycles. The molecule has 1 unspecified atom stereocenters. The number of aliphatic hydroxyl groups is 1. The molecule has 0 aromatic carbocycles. The van der Waals surface area contributed by atoms with E-state index in [1.807, 2.05) is 4.90 Å². The van der Waals surface area contributed by atoms with Gasteiger partial charge in [0.25, 0.3) is 5.56 Å². The fourth-order valence-electron chi connectivity index (χ4n) is 4.13. The van der Waals surface area contributed by atoms with Crippen LogP contribution in [0.15, 0.2) is 4.79 Å². The van der Waals surface area contributed by atoms with Crippen LogP contribution in [0.3, 0.4) is 0 Å². The zero-order chi connectivity index (χ0) is 18.0. The molecule has 1 atom stereocenters. The Balaban J connectivity index is 1.69. The van der Waals surface area contributed by atoms with Crippen LogP contribution in [0, 0.1) is 12.3 Å². The minimum Gasteiger partial charge on any atom is -0.395 e. The van der Waals surface area contributed by atoms with E-state index in [1.165, 1.54) is 0 Å². The molecule has 3 N–H and O–H groups in total. The van der Waals surface area contributed by atoms with E-state index in [1.54, 1.807) is 11.8 Å². The summed E-state index contributed by atoms with van der Waals surface area (Å²) in [7, 11) is 0. The van der Waals surface area contributed by atoms with Gasteiger partial charge in [0.2, 0.25) is 11.8 Å². The van der Waals surface area contributed by atoms with Gasteiger partial charge in [-0.25, -0.2) is 0 Å². The number of likely N-dealkylation sites (tertiary alicyclic amines) is 2. The van der Waals surface area contributed by atoms with Crippen LogP contribution in [0.4, 0.5) is 0 Å². The lowest BCUT2D eigenvalue weighted by molar-refractivity contribution is -0.143. The Morgan fingerprint density at radius 3 is 2.72 bits per heavy atom. The van der Waals surface area contributed by atoms with Gasteiger partial charge in [-0.3, -0.25) is 19.5 Å². The summed E-state index contributed by atoms with van der Waals surface area (Å²) in [6, 6.07) is 0. The third-order valence-corrected chi connectivity index (χ3v) is 5.55. The summed E-state index contributed by atoms with van der Waals surface area (Å²) in [5, 5.41) is 14.4. The number of amides is 2. The maximum Gasteiger partial charge on any atom is 0.267 e.